The number of rotatable bonds is 6. The molecule has 3 aromatic rings. The number of alkyl halides is 3. The topological polar surface area (TPSA) is 61.2 Å². The van der Waals surface area contributed by atoms with Crippen LogP contribution in [0.2, 0.25) is 0 Å². The van der Waals surface area contributed by atoms with Crippen molar-refractivity contribution < 1.29 is 26.3 Å². The summed E-state index contributed by atoms with van der Waals surface area (Å²) in [5.74, 6) is 0.480. The Morgan fingerprint density at radius 1 is 1.04 bits per heavy atom. The molecule has 0 amide bonds. The Bertz CT molecular complexity index is 1020. The van der Waals surface area contributed by atoms with Crippen LogP contribution in [0.4, 0.5) is 13.2 Å². The fourth-order valence-corrected chi connectivity index (χ4v) is 3.21. The van der Waals surface area contributed by atoms with Gasteiger partial charge in [-0.15, -0.1) is 0 Å². The predicted molar refractivity (Wildman–Crippen MR) is 99.2 cm³/mol. The molecule has 2 aromatic carbocycles. The van der Waals surface area contributed by atoms with Gasteiger partial charge in [-0.25, -0.2) is 13.1 Å². The fraction of sp³-hybridized carbons (Fsp3) is 0.211. The monoisotopic (exact) mass is 410 g/mol. The van der Waals surface area contributed by atoms with Gasteiger partial charge < -0.3 is 4.74 Å². The number of hydrogen-bond acceptors (Lipinski definition) is 4. The average molecular weight is 410 g/mol. The maximum absolute atomic E-state index is 13.2. The smallest absolute Gasteiger partial charge is 0.435 e. The highest BCUT2D eigenvalue weighted by Crippen LogP contribution is 2.33. The quantitative estimate of drug-likeness (QED) is 0.623. The molecular weight excluding hydrogens is 393 g/mol. The Morgan fingerprint density at radius 2 is 1.68 bits per heavy atom. The molecule has 0 aliphatic heterocycles. The zero-order valence-corrected chi connectivity index (χ0v) is 15.7. The molecule has 0 radical (unpaired) electrons. The largest absolute Gasteiger partial charge is 0.494 e. The van der Waals surface area contributed by atoms with Crippen LogP contribution in [0.15, 0.2) is 54.6 Å². The minimum atomic E-state index is -4.59. The van der Waals surface area contributed by atoms with Crippen molar-refractivity contribution in [1.82, 2.24) is 9.78 Å². The first-order valence-electron chi connectivity index (χ1n) is 8.39. The first kappa shape index (κ1) is 19.9. The van der Waals surface area contributed by atoms with E-state index in [1.807, 2.05) is 6.92 Å². The van der Waals surface area contributed by atoms with E-state index in [0.29, 0.717) is 29.2 Å². The molecule has 0 aliphatic carbocycles. The summed E-state index contributed by atoms with van der Waals surface area (Å²) in [6, 6.07) is 13.8. The van der Waals surface area contributed by atoms with Crippen molar-refractivity contribution >= 4 is 10.7 Å². The number of benzene rings is 2. The van der Waals surface area contributed by atoms with Crippen molar-refractivity contribution in [1.29, 1.82) is 0 Å². The highest BCUT2D eigenvalue weighted by molar-refractivity contribution is 7.71. The molecule has 9 heteroatoms. The van der Waals surface area contributed by atoms with Gasteiger partial charge in [0.15, 0.2) is 5.69 Å². The Morgan fingerprint density at radius 3 is 2.21 bits per heavy atom. The first-order valence-corrected chi connectivity index (χ1v) is 9.76. The van der Waals surface area contributed by atoms with Crippen LogP contribution < -0.4 is 4.74 Å². The van der Waals surface area contributed by atoms with Gasteiger partial charge in [-0.2, -0.15) is 18.3 Å². The zero-order valence-electron chi connectivity index (χ0n) is 14.8. The number of ether oxygens (including phenoxy) is 1. The van der Waals surface area contributed by atoms with Gasteiger partial charge in [0, 0.05) is 5.56 Å². The third kappa shape index (κ3) is 4.53. The highest BCUT2D eigenvalue weighted by Gasteiger charge is 2.35. The predicted octanol–water partition coefficient (Wildman–Crippen LogP) is 4.07. The van der Waals surface area contributed by atoms with Gasteiger partial charge in [0.2, 0.25) is 0 Å². The van der Waals surface area contributed by atoms with E-state index in [-0.39, 0.29) is 11.4 Å². The molecule has 0 unspecified atom stereocenters. The molecule has 0 spiro atoms. The van der Waals surface area contributed by atoms with Crippen LogP contribution in [0.5, 0.6) is 5.75 Å². The summed E-state index contributed by atoms with van der Waals surface area (Å²) in [6.45, 7) is 2.31. The van der Waals surface area contributed by atoms with E-state index in [2.05, 4.69) is 5.10 Å². The van der Waals surface area contributed by atoms with Gasteiger partial charge in [-0.05, 0) is 42.8 Å². The third-order valence-electron chi connectivity index (χ3n) is 3.95. The van der Waals surface area contributed by atoms with E-state index >= 15 is 0 Å². The van der Waals surface area contributed by atoms with Crippen molar-refractivity contribution in [2.75, 3.05) is 6.61 Å². The molecule has 148 valence electrons. The third-order valence-corrected chi connectivity index (χ3v) is 4.58. The normalized spacial score (nSPS) is 11.8. The van der Waals surface area contributed by atoms with Crippen LogP contribution in [-0.2, 0) is 22.6 Å². The van der Waals surface area contributed by atoms with Crippen molar-refractivity contribution in [2.45, 2.75) is 18.9 Å². The molecule has 1 heterocycles. The average Bonchev–Trinajstić information content (AvgIpc) is 3.08. The van der Waals surface area contributed by atoms with Crippen LogP contribution in [-0.4, -0.2) is 24.8 Å². The van der Waals surface area contributed by atoms with E-state index in [1.54, 1.807) is 48.5 Å². The van der Waals surface area contributed by atoms with Crippen LogP contribution in [0.1, 0.15) is 18.2 Å². The van der Waals surface area contributed by atoms with Crippen molar-refractivity contribution in [3.05, 3.63) is 65.9 Å². The van der Waals surface area contributed by atoms with Gasteiger partial charge in [0.05, 0.1) is 23.7 Å². The maximum atomic E-state index is 13.2. The summed E-state index contributed by atoms with van der Waals surface area (Å²) in [5.41, 5.74) is 0.725. The van der Waals surface area contributed by atoms with Gasteiger partial charge in [0.1, 0.15) is 16.5 Å². The van der Waals surface area contributed by atoms with E-state index < -0.39 is 22.6 Å². The van der Waals surface area contributed by atoms with E-state index in [9.17, 15) is 21.6 Å². The Labute approximate surface area is 161 Å². The number of hydrogen-bond donors (Lipinski definition) is 1. The van der Waals surface area contributed by atoms with Crippen LogP contribution in [0.3, 0.4) is 0 Å². The molecule has 3 rings (SSSR count). The molecule has 0 N–H and O–H groups in total. The molecule has 0 saturated carbocycles. The van der Waals surface area contributed by atoms with Crippen molar-refractivity contribution in [2.24, 2.45) is 0 Å². The second kappa shape index (κ2) is 8.05. The number of aromatic nitrogens is 2. The Balaban J connectivity index is 2.05. The van der Waals surface area contributed by atoms with Gasteiger partial charge in [-0.3, -0.25) is 0 Å². The van der Waals surface area contributed by atoms with E-state index in [1.165, 1.54) is 4.68 Å². The Kier molecular flexibility index (Phi) is 5.73. The zero-order chi connectivity index (χ0) is 20.3. The van der Waals surface area contributed by atoms with Crippen LogP contribution in [0.25, 0.3) is 16.9 Å². The van der Waals surface area contributed by atoms with Gasteiger partial charge >= 0.3 is 6.18 Å². The molecule has 0 bridgehead atoms. The van der Waals surface area contributed by atoms with Crippen LogP contribution >= 0.6 is 0 Å². The molecule has 1 aromatic heterocycles. The molecule has 5 nitrogen and oxygen atoms in total. The van der Waals surface area contributed by atoms with Gasteiger partial charge in [0.25, 0.3) is 0 Å². The number of nitrogens with zero attached hydrogens (tertiary/aromatic N) is 2. The molecule has 0 aliphatic rings. The minimum absolute atomic E-state index is 0.123. The lowest BCUT2D eigenvalue weighted by Gasteiger charge is -2.09. The van der Waals surface area contributed by atoms with Crippen LogP contribution in [0, 0.1) is 0 Å². The molecule has 0 fully saturated rings. The lowest BCUT2D eigenvalue weighted by Crippen LogP contribution is -2.07. The SMILES string of the molecule is CCOc1ccc(-n2nc(C(F)(F)F)cc2-c2ccc(C[SH](=O)=O)cc2)cc1. The second-order valence-electron chi connectivity index (χ2n) is 5.94. The lowest BCUT2D eigenvalue weighted by atomic mass is 10.1. The second-order valence-corrected chi connectivity index (χ2v) is 6.92. The van der Waals surface area contributed by atoms with Crippen molar-refractivity contribution in [3.63, 3.8) is 0 Å². The maximum Gasteiger partial charge on any atom is 0.435 e. The standard InChI is InChI=1S/C19H17F3N2O3S/c1-2-27-16-9-7-15(8-10-16)24-17(11-18(23-24)19(20,21)22)14-5-3-13(4-6-14)12-28(25)26/h3-11,28H,2,12H2,1H3. The highest BCUT2D eigenvalue weighted by atomic mass is 32.2. The summed E-state index contributed by atoms with van der Waals surface area (Å²) in [5, 5.41) is 3.73. The molecule has 0 atom stereocenters. The summed E-state index contributed by atoms with van der Waals surface area (Å²) in [7, 11) is -2.58. The first-order chi connectivity index (χ1) is 13.3. The lowest BCUT2D eigenvalue weighted by molar-refractivity contribution is -0.141. The summed E-state index contributed by atoms with van der Waals surface area (Å²) < 4.78 is 67.9. The number of halogens is 3. The van der Waals surface area contributed by atoms with E-state index in [4.69, 9.17) is 4.74 Å². The fourth-order valence-electron chi connectivity index (χ4n) is 2.70. The summed E-state index contributed by atoms with van der Waals surface area (Å²) in [4.78, 5) is 0. The molecular formula is C19H17F3N2O3S. The van der Waals surface area contributed by atoms with Gasteiger partial charge in [-0.1, -0.05) is 24.3 Å². The minimum Gasteiger partial charge on any atom is -0.494 e. The summed E-state index contributed by atoms with van der Waals surface area (Å²) in [6.07, 6.45) is -4.59. The molecule has 28 heavy (non-hydrogen) atoms. The summed E-state index contributed by atoms with van der Waals surface area (Å²) >= 11 is 0. The van der Waals surface area contributed by atoms with Crippen molar-refractivity contribution in [3.8, 4) is 22.7 Å². The number of thiol groups is 1. The Hall–Kier alpha value is -2.81. The van der Waals surface area contributed by atoms with E-state index in [0.717, 1.165) is 6.07 Å². The molecule has 0 saturated heterocycles.